The number of carboxylic acids is 1. The summed E-state index contributed by atoms with van der Waals surface area (Å²) >= 11 is 1.47. The Bertz CT molecular complexity index is 1280. The summed E-state index contributed by atoms with van der Waals surface area (Å²) in [6.45, 7) is 1.51. The van der Waals surface area contributed by atoms with E-state index in [-0.39, 0.29) is 19.3 Å². The predicted octanol–water partition coefficient (Wildman–Crippen LogP) is 1.59. The minimum absolute atomic E-state index is 0.107. The number of nitrogens with one attached hydrogen (secondary N) is 4. The maximum atomic E-state index is 13.5. The molecule has 4 atom stereocenters. The van der Waals surface area contributed by atoms with Crippen LogP contribution in [0.5, 0.6) is 0 Å². The van der Waals surface area contributed by atoms with Crippen LogP contribution in [0.25, 0.3) is 10.9 Å². The van der Waals surface area contributed by atoms with Gasteiger partial charge in [0.1, 0.15) is 18.1 Å². The number of rotatable bonds is 14. The first-order valence-corrected chi connectivity index (χ1v) is 14.1. The van der Waals surface area contributed by atoms with Gasteiger partial charge >= 0.3 is 5.97 Å². The molecule has 0 aliphatic rings. The first kappa shape index (κ1) is 29.7. The lowest BCUT2D eigenvalue weighted by Crippen LogP contribution is -2.58. The average molecular weight is 554 g/mol. The number of benzene rings is 2. The van der Waals surface area contributed by atoms with Gasteiger partial charge in [0.15, 0.2) is 0 Å². The van der Waals surface area contributed by atoms with Crippen LogP contribution in [0.1, 0.15) is 24.5 Å². The summed E-state index contributed by atoms with van der Waals surface area (Å²) in [4.78, 5) is 54.3. The normalized spacial score (nSPS) is 14.1. The molecule has 39 heavy (non-hydrogen) atoms. The first-order chi connectivity index (χ1) is 18.7. The SMILES string of the molecule is CSCCC(NC(=O)C(Cc1c[nH]c2ccccc12)NC(=O)C(Cc1ccccc1)NC(=O)C(C)N)C(=O)O. The summed E-state index contributed by atoms with van der Waals surface area (Å²) in [5.74, 6) is -2.32. The number of hydrogen-bond acceptors (Lipinski definition) is 6. The van der Waals surface area contributed by atoms with Crippen molar-refractivity contribution in [2.75, 3.05) is 12.0 Å². The molecular weight excluding hydrogens is 518 g/mol. The molecule has 0 radical (unpaired) electrons. The fourth-order valence-corrected chi connectivity index (χ4v) is 4.60. The largest absolute Gasteiger partial charge is 0.480 e. The highest BCUT2D eigenvalue weighted by Crippen LogP contribution is 2.19. The Labute approximate surface area is 231 Å². The number of fused-ring (bicyclic) bond motifs is 1. The molecule has 3 aromatic rings. The van der Waals surface area contributed by atoms with E-state index in [2.05, 4.69) is 20.9 Å². The fraction of sp³-hybridized carbons (Fsp3) is 0.357. The smallest absolute Gasteiger partial charge is 0.326 e. The van der Waals surface area contributed by atoms with E-state index < -0.39 is 47.9 Å². The van der Waals surface area contributed by atoms with E-state index >= 15 is 0 Å². The van der Waals surface area contributed by atoms with Crippen molar-refractivity contribution in [1.82, 2.24) is 20.9 Å². The van der Waals surface area contributed by atoms with Gasteiger partial charge in [-0.05, 0) is 42.5 Å². The van der Waals surface area contributed by atoms with E-state index in [1.54, 1.807) is 6.20 Å². The summed E-state index contributed by atoms with van der Waals surface area (Å²) in [5.41, 5.74) is 8.18. The second-order valence-corrected chi connectivity index (χ2v) is 10.3. The zero-order valence-corrected chi connectivity index (χ0v) is 22.8. The van der Waals surface area contributed by atoms with Crippen LogP contribution in [-0.2, 0) is 32.0 Å². The molecule has 2 aromatic carbocycles. The molecule has 208 valence electrons. The molecule has 3 amide bonds. The molecule has 3 rings (SSSR count). The van der Waals surface area contributed by atoms with E-state index in [1.807, 2.05) is 60.9 Å². The van der Waals surface area contributed by atoms with E-state index in [4.69, 9.17) is 5.73 Å². The lowest BCUT2D eigenvalue weighted by Gasteiger charge is -2.25. The van der Waals surface area contributed by atoms with Gasteiger partial charge < -0.3 is 31.8 Å². The van der Waals surface area contributed by atoms with Gasteiger partial charge in [0.2, 0.25) is 17.7 Å². The Morgan fingerprint density at radius 2 is 1.46 bits per heavy atom. The number of carbonyl (C=O) groups excluding carboxylic acids is 3. The minimum atomic E-state index is -1.15. The van der Waals surface area contributed by atoms with E-state index in [9.17, 15) is 24.3 Å². The zero-order chi connectivity index (χ0) is 28.4. The Hall–Kier alpha value is -3.83. The molecule has 0 aliphatic carbocycles. The highest BCUT2D eigenvalue weighted by molar-refractivity contribution is 7.98. The van der Waals surface area contributed by atoms with E-state index in [0.29, 0.717) is 5.75 Å². The van der Waals surface area contributed by atoms with E-state index in [1.165, 1.54) is 18.7 Å². The molecule has 11 heteroatoms. The number of amides is 3. The summed E-state index contributed by atoms with van der Waals surface area (Å²) in [6.07, 6.45) is 4.13. The van der Waals surface area contributed by atoms with Crippen LogP contribution < -0.4 is 21.7 Å². The molecule has 0 saturated carbocycles. The van der Waals surface area contributed by atoms with Crippen molar-refractivity contribution in [1.29, 1.82) is 0 Å². The third-order valence-corrected chi connectivity index (χ3v) is 6.93. The van der Waals surface area contributed by atoms with Crippen LogP contribution in [0, 0.1) is 0 Å². The third kappa shape index (κ3) is 8.59. The maximum Gasteiger partial charge on any atom is 0.326 e. The molecule has 7 N–H and O–H groups in total. The van der Waals surface area contributed by atoms with Crippen LogP contribution in [0.3, 0.4) is 0 Å². The highest BCUT2D eigenvalue weighted by atomic mass is 32.2. The van der Waals surface area contributed by atoms with Crippen LogP contribution in [0.4, 0.5) is 0 Å². The van der Waals surface area contributed by atoms with Crippen molar-refractivity contribution in [2.45, 2.75) is 50.4 Å². The number of aromatic nitrogens is 1. The highest BCUT2D eigenvalue weighted by Gasteiger charge is 2.30. The zero-order valence-electron chi connectivity index (χ0n) is 22.0. The first-order valence-electron chi connectivity index (χ1n) is 12.7. The van der Waals surface area contributed by atoms with Gasteiger partial charge in [-0.15, -0.1) is 0 Å². The quantitative estimate of drug-likeness (QED) is 0.176. The van der Waals surface area contributed by atoms with Crippen LogP contribution in [0.2, 0.25) is 0 Å². The molecule has 0 aliphatic heterocycles. The number of carboxylic acid groups (broad SMARTS) is 1. The average Bonchev–Trinajstić information content (AvgIpc) is 3.33. The molecule has 4 unspecified atom stereocenters. The Morgan fingerprint density at radius 1 is 0.872 bits per heavy atom. The van der Waals surface area contributed by atoms with Gasteiger partial charge in [-0.1, -0.05) is 48.5 Å². The van der Waals surface area contributed by atoms with Crippen molar-refractivity contribution < 1.29 is 24.3 Å². The lowest BCUT2D eigenvalue weighted by molar-refractivity contribution is -0.142. The van der Waals surface area contributed by atoms with Gasteiger partial charge in [0, 0.05) is 29.9 Å². The number of para-hydroxylation sites is 1. The standard InChI is InChI=1S/C28H35N5O5S/c1-17(29)25(34)32-23(14-18-8-4-3-5-9-18)26(35)33-24(27(36)31-22(28(37)38)12-13-39-2)15-19-16-30-21-11-7-6-10-20(19)21/h3-11,16-17,22-24,30H,12-15,29H2,1-2H3,(H,31,36)(H,32,34)(H,33,35)(H,37,38). The molecule has 1 aromatic heterocycles. The minimum Gasteiger partial charge on any atom is -0.480 e. The summed E-state index contributed by atoms with van der Waals surface area (Å²) in [6, 6.07) is 12.7. The van der Waals surface area contributed by atoms with Crippen molar-refractivity contribution in [3.05, 3.63) is 71.9 Å². The fourth-order valence-electron chi connectivity index (χ4n) is 4.13. The van der Waals surface area contributed by atoms with Crippen molar-refractivity contribution in [2.24, 2.45) is 5.73 Å². The number of thioether (sulfide) groups is 1. The maximum absolute atomic E-state index is 13.5. The van der Waals surface area contributed by atoms with Crippen LogP contribution in [-0.4, -0.2) is 70.0 Å². The molecule has 0 spiro atoms. The van der Waals surface area contributed by atoms with Gasteiger partial charge in [-0.25, -0.2) is 4.79 Å². The molecule has 10 nitrogen and oxygen atoms in total. The molecular formula is C28H35N5O5S. The van der Waals surface area contributed by atoms with Gasteiger partial charge in [0.05, 0.1) is 6.04 Å². The molecule has 0 bridgehead atoms. The molecule has 0 saturated heterocycles. The monoisotopic (exact) mass is 553 g/mol. The molecule has 0 fully saturated rings. The Kier molecular flexibility index (Phi) is 10.9. The number of carbonyl (C=O) groups is 4. The topological polar surface area (TPSA) is 166 Å². The predicted molar refractivity (Wildman–Crippen MR) is 152 cm³/mol. The van der Waals surface area contributed by atoms with Gasteiger partial charge in [-0.2, -0.15) is 11.8 Å². The summed E-state index contributed by atoms with van der Waals surface area (Å²) in [5, 5.41) is 18.5. The number of hydrogen-bond donors (Lipinski definition) is 6. The van der Waals surface area contributed by atoms with E-state index in [0.717, 1.165) is 22.0 Å². The van der Waals surface area contributed by atoms with Gasteiger partial charge in [0.25, 0.3) is 0 Å². The van der Waals surface area contributed by atoms with Crippen molar-refractivity contribution in [3.63, 3.8) is 0 Å². The second kappa shape index (κ2) is 14.4. The summed E-state index contributed by atoms with van der Waals surface area (Å²) < 4.78 is 0. The van der Waals surface area contributed by atoms with Crippen molar-refractivity contribution >= 4 is 46.4 Å². The van der Waals surface area contributed by atoms with Crippen LogP contribution >= 0.6 is 11.8 Å². The molecule has 1 heterocycles. The number of nitrogens with two attached hydrogens (primary N) is 1. The number of H-pyrrole nitrogens is 1. The third-order valence-electron chi connectivity index (χ3n) is 6.29. The Morgan fingerprint density at radius 3 is 2.10 bits per heavy atom. The van der Waals surface area contributed by atoms with Crippen LogP contribution in [0.15, 0.2) is 60.8 Å². The van der Waals surface area contributed by atoms with Gasteiger partial charge in [-0.3, -0.25) is 14.4 Å². The number of aromatic amines is 1. The number of aliphatic carboxylic acids is 1. The summed E-state index contributed by atoms with van der Waals surface area (Å²) in [7, 11) is 0. The van der Waals surface area contributed by atoms with Crippen molar-refractivity contribution in [3.8, 4) is 0 Å². The lowest BCUT2D eigenvalue weighted by atomic mass is 10.0. The Balaban J connectivity index is 1.88. The second-order valence-electron chi connectivity index (χ2n) is 9.35.